The van der Waals surface area contributed by atoms with E-state index in [9.17, 15) is 61.0 Å². The molecule has 14 atom stereocenters. The standard InChI is InChI=1S/C34H44O19/c1-14-24(41)26(43)28(45)34(50-14)53-31-29(46)33(47-9-8-16-3-6-18(36)20(38)11-16)51-22(13-49-32-27(44)25(42)21(39)12-48-32)30(31)52-23(40)7-4-15-2-5-17(35)19(37)10-15/h2-7,10-11,14,21-22,24-39,41-46H,8-9,12-13H2,1H3/b7-4+/t14-,21+,22+,24-,25+,26+,27-,28+,29+,30+,31+,32+,33+,34-/m0/s1. The molecule has 0 unspecified atom stereocenters. The van der Waals surface area contributed by atoms with Crippen LogP contribution in [0.3, 0.4) is 0 Å². The highest BCUT2D eigenvalue weighted by atomic mass is 16.8. The number of aliphatic hydroxyl groups excluding tert-OH is 7. The minimum atomic E-state index is -1.86. The lowest BCUT2D eigenvalue weighted by Gasteiger charge is -2.47. The Morgan fingerprint density at radius 2 is 1.42 bits per heavy atom. The minimum absolute atomic E-state index is 0.136. The second-order valence-corrected chi connectivity index (χ2v) is 12.8. The number of carbonyl (C=O) groups is 1. The van der Waals surface area contributed by atoms with Gasteiger partial charge in [-0.1, -0.05) is 12.1 Å². The first kappa shape index (κ1) is 40.5. The average Bonchev–Trinajstić information content (AvgIpc) is 3.13. The van der Waals surface area contributed by atoms with Crippen LogP contribution in [-0.4, -0.2) is 168 Å². The van der Waals surface area contributed by atoms with Gasteiger partial charge in [0.2, 0.25) is 0 Å². The normalized spacial score (nSPS) is 36.4. The Hall–Kier alpha value is -3.67. The molecule has 3 fully saturated rings. The zero-order chi connectivity index (χ0) is 38.6. The Morgan fingerprint density at radius 3 is 2.11 bits per heavy atom. The van der Waals surface area contributed by atoms with Crippen LogP contribution in [0.5, 0.6) is 23.0 Å². The summed E-state index contributed by atoms with van der Waals surface area (Å²) in [6, 6.07) is 7.83. The van der Waals surface area contributed by atoms with Crippen molar-refractivity contribution in [2.24, 2.45) is 0 Å². The molecular weight excluding hydrogens is 712 g/mol. The molecule has 11 N–H and O–H groups in total. The molecule has 3 saturated heterocycles. The van der Waals surface area contributed by atoms with Gasteiger partial charge in [-0.3, -0.25) is 0 Å². The van der Waals surface area contributed by atoms with Crippen molar-refractivity contribution < 1.29 is 94.1 Å². The fourth-order valence-electron chi connectivity index (χ4n) is 5.86. The molecule has 2 aromatic carbocycles. The summed E-state index contributed by atoms with van der Waals surface area (Å²) in [5, 5.41) is 112. The molecular formula is C34H44O19. The van der Waals surface area contributed by atoms with Crippen molar-refractivity contribution in [3.05, 3.63) is 53.6 Å². The average molecular weight is 757 g/mol. The van der Waals surface area contributed by atoms with Gasteiger partial charge >= 0.3 is 5.97 Å². The molecule has 0 amide bonds. The second kappa shape index (κ2) is 17.6. The number of aromatic hydroxyl groups is 4. The van der Waals surface area contributed by atoms with Crippen molar-refractivity contribution in [2.75, 3.05) is 19.8 Å². The molecule has 3 heterocycles. The predicted octanol–water partition coefficient (Wildman–Crippen LogP) is -2.55. The van der Waals surface area contributed by atoms with Crippen LogP contribution in [0.1, 0.15) is 18.1 Å². The maximum atomic E-state index is 13.2. The number of ether oxygens (including phenoxy) is 7. The number of hydrogen-bond acceptors (Lipinski definition) is 19. The van der Waals surface area contributed by atoms with Crippen LogP contribution < -0.4 is 0 Å². The highest BCUT2D eigenvalue weighted by Gasteiger charge is 2.53. The number of hydrogen-bond donors (Lipinski definition) is 11. The monoisotopic (exact) mass is 756 g/mol. The SMILES string of the molecule is C[C@@H]1O[C@@H](O[C@@H]2[C@@H](O)[C@H](OCCc3ccc(O)c(O)c3)O[C@H](CO[C@H]3OC[C@@H](O)[C@@H](O)[C@@H]3O)[C@H]2OC(=O)/C=C/c2ccc(O)c(O)c2)[C@H](O)[C@H](O)[C@H]1O. The first-order valence-corrected chi connectivity index (χ1v) is 16.6. The third-order valence-electron chi connectivity index (χ3n) is 8.97. The summed E-state index contributed by atoms with van der Waals surface area (Å²) in [6.07, 6.45) is -20.0. The number of carbonyl (C=O) groups excluding carboxylic acids is 1. The number of aliphatic hydroxyl groups is 7. The summed E-state index contributed by atoms with van der Waals surface area (Å²) in [5.74, 6) is -2.62. The predicted molar refractivity (Wildman–Crippen MR) is 174 cm³/mol. The van der Waals surface area contributed by atoms with Crippen molar-refractivity contribution >= 4 is 12.0 Å². The molecule has 0 aromatic heterocycles. The summed E-state index contributed by atoms with van der Waals surface area (Å²) < 4.78 is 40.1. The molecule has 0 bridgehead atoms. The molecule has 3 aliphatic heterocycles. The van der Waals surface area contributed by atoms with Crippen molar-refractivity contribution in [1.29, 1.82) is 0 Å². The quantitative estimate of drug-likeness (QED) is 0.0603. The number of phenols is 4. The summed E-state index contributed by atoms with van der Waals surface area (Å²) >= 11 is 0. The van der Waals surface area contributed by atoms with E-state index < -0.39 is 117 Å². The zero-order valence-corrected chi connectivity index (χ0v) is 28.2. The van der Waals surface area contributed by atoms with Gasteiger partial charge < -0.3 is 89.3 Å². The Bertz CT molecular complexity index is 1560. The molecule has 0 spiro atoms. The fourth-order valence-corrected chi connectivity index (χ4v) is 5.86. The molecule has 0 radical (unpaired) electrons. The summed E-state index contributed by atoms with van der Waals surface area (Å²) in [4.78, 5) is 13.2. The van der Waals surface area contributed by atoms with Crippen LogP contribution in [0.25, 0.3) is 6.08 Å². The molecule has 0 aliphatic carbocycles. The Kier molecular flexibility index (Phi) is 13.5. The van der Waals surface area contributed by atoms with E-state index in [1.807, 2.05) is 0 Å². The maximum absolute atomic E-state index is 13.2. The molecule has 5 rings (SSSR count). The first-order chi connectivity index (χ1) is 25.1. The lowest BCUT2D eigenvalue weighted by molar-refractivity contribution is -0.362. The second-order valence-electron chi connectivity index (χ2n) is 12.8. The zero-order valence-electron chi connectivity index (χ0n) is 28.2. The van der Waals surface area contributed by atoms with Gasteiger partial charge in [-0.25, -0.2) is 4.79 Å². The molecule has 19 heteroatoms. The van der Waals surface area contributed by atoms with Crippen LogP contribution in [-0.2, 0) is 44.4 Å². The lowest BCUT2D eigenvalue weighted by atomic mass is 9.96. The molecule has 53 heavy (non-hydrogen) atoms. The number of phenolic OH excluding ortho intramolecular Hbond substituents is 4. The molecule has 19 nitrogen and oxygen atoms in total. The van der Waals surface area contributed by atoms with Crippen LogP contribution in [0.2, 0.25) is 0 Å². The Morgan fingerprint density at radius 1 is 0.736 bits per heavy atom. The largest absolute Gasteiger partial charge is 0.504 e. The Balaban J connectivity index is 1.42. The van der Waals surface area contributed by atoms with E-state index in [-0.39, 0.29) is 30.1 Å². The van der Waals surface area contributed by atoms with E-state index in [0.29, 0.717) is 5.56 Å². The highest BCUT2D eigenvalue weighted by Crippen LogP contribution is 2.33. The van der Waals surface area contributed by atoms with E-state index in [1.165, 1.54) is 49.4 Å². The lowest BCUT2D eigenvalue weighted by Crippen LogP contribution is -2.65. The van der Waals surface area contributed by atoms with Crippen LogP contribution in [0.15, 0.2) is 42.5 Å². The summed E-state index contributed by atoms with van der Waals surface area (Å²) in [5.41, 5.74) is 0.813. The summed E-state index contributed by atoms with van der Waals surface area (Å²) in [7, 11) is 0. The van der Waals surface area contributed by atoms with Gasteiger partial charge in [0.05, 0.1) is 25.9 Å². The smallest absolute Gasteiger partial charge is 0.331 e. The van der Waals surface area contributed by atoms with Crippen molar-refractivity contribution in [1.82, 2.24) is 0 Å². The van der Waals surface area contributed by atoms with Gasteiger partial charge in [-0.15, -0.1) is 0 Å². The first-order valence-electron chi connectivity index (χ1n) is 16.6. The van der Waals surface area contributed by atoms with Gasteiger partial charge in [0, 0.05) is 6.08 Å². The number of rotatable bonds is 12. The van der Waals surface area contributed by atoms with Crippen molar-refractivity contribution in [3.8, 4) is 23.0 Å². The minimum Gasteiger partial charge on any atom is -0.504 e. The van der Waals surface area contributed by atoms with Gasteiger partial charge in [0.25, 0.3) is 0 Å². The Labute approximate surface area is 302 Å². The van der Waals surface area contributed by atoms with Gasteiger partial charge in [-0.05, 0) is 54.8 Å². The topological polar surface area (TPSA) is 304 Å². The van der Waals surface area contributed by atoms with Crippen LogP contribution >= 0.6 is 0 Å². The number of esters is 1. The van der Waals surface area contributed by atoms with Gasteiger partial charge in [-0.2, -0.15) is 0 Å². The molecule has 3 aliphatic rings. The van der Waals surface area contributed by atoms with E-state index >= 15 is 0 Å². The van der Waals surface area contributed by atoms with Crippen LogP contribution in [0.4, 0.5) is 0 Å². The highest BCUT2D eigenvalue weighted by molar-refractivity contribution is 5.87. The third-order valence-corrected chi connectivity index (χ3v) is 8.97. The maximum Gasteiger partial charge on any atom is 0.331 e. The van der Waals surface area contributed by atoms with E-state index in [1.54, 1.807) is 0 Å². The van der Waals surface area contributed by atoms with E-state index in [4.69, 9.17) is 33.2 Å². The van der Waals surface area contributed by atoms with Crippen molar-refractivity contribution in [3.63, 3.8) is 0 Å². The van der Waals surface area contributed by atoms with E-state index in [0.717, 1.165) is 6.08 Å². The van der Waals surface area contributed by atoms with E-state index in [2.05, 4.69) is 0 Å². The summed E-state index contributed by atoms with van der Waals surface area (Å²) in [6.45, 7) is 0.237. The third kappa shape index (κ3) is 9.72. The van der Waals surface area contributed by atoms with Crippen LogP contribution in [0, 0.1) is 0 Å². The number of benzene rings is 2. The van der Waals surface area contributed by atoms with Gasteiger partial charge in [0.15, 0.2) is 48.0 Å². The molecule has 0 saturated carbocycles. The van der Waals surface area contributed by atoms with Gasteiger partial charge in [0.1, 0.15) is 54.9 Å². The van der Waals surface area contributed by atoms with Crippen molar-refractivity contribution in [2.45, 2.75) is 99.4 Å². The fraction of sp³-hybridized carbons (Fsp3) is 0.559. The molecule has 294 valence electrons. The molecule has 2 aromatic rings.